The number of carbonyl (C=O) groups is 2. The summed E-state index contributed by atoms with van der Waals surface area (Å²) in [6.07, 6.45) is 3.28. The van der Waals surface area contributed by atoms with Crippen LogP contribution in [0.15, 0.2) is 6.08 Å². The Balaban J connectivity index is 2.02. The van der Waals surface area contributed by atoms with Gasteiger partial charge >= 0.3 is 0 Å². The van der Waals surface area contributed by atoms with Gasteiger partial charge in [0.15, 0.2) is 0 Å². The third kappa shape index (κ3) is 4.38. The highest BCUT2D eigenvalue weighted by molar-refractivity contribution is 6.31. The van der Waals surface area contributed by atoms with Gasteiger partial charge in [0.2, 0.25) is 11.8 Å². The summed E-state index contributed by atoms with van der Waals surface area (Å²) < 4.78 is 1.78. The Kier molecular flexibility index (Phi) is 6.04. The van der Waals surface area contributed by atoms with Crippen molar-refractivity contribution in [3.8, 4) is 0 Å². The Hall–Kier alpha value is -1.82. The molecule has 1 aliphatic heterocycles. The Morgan fingerprint density at radius 2 is 1.79 bits per heavy atom. The van der Waals surface area contributed by atoms with Crippen LogP contribution in [0.4, 0.5) is 0 Å². The van der Waals surface area contributed by atoms with Crippen LogP contribution < -0.4 is 0 Å². The van der Waals surface area contributed by atoms with Crippen molar-refractivity contribution in [2.75, 3.05) is 26.2 Å². The average molecular weight is 353 g/mol. The number of halogens is 1. The lowest BCUT2D eigenvalue weighted by atomic mass is 10.2. The maximum absolute atomic E-state index is 12.3. The third-order valence-corrected chi connectivity index (χ3v) is 4.48. The zero-order valence-corrected chi connectivity index (χ0v) is 15.5. The quantitative estimate of drug-likeness (QED) is 0.780. The molecule has 0 aliphatic carbocycles. The number of hydrogen-bond donors (Lipinski definition) is 0. The standard InChI is InChI=1S/C17H25ClN4O2/c1-12(2)11-22-17(18)15(13(3)19-22)5-6-16(24)21-9-7-20(8-10-21)14(4)23/h5-6,12H,7-11H2,1-4H3/b6-5-. The molecule has 1 saturated heterocycles. The number of amides is 2. The minimum atomic E-state index is -0.0646. The summed E-state index contributed by atoms with van der Waals surface area (Å²) in [6, 6.07) is 0. The zero-order chi connectivity index (χ0) is 17.9. The molecule has 2 rings (SSSR count). The van der Waals surface area contributed by atoms with Crippen molar-refractivity contribution in [1.29, 1.82) is 0 Å². The van der Waals surface area contributed by atoms with Crippen molar-refractivity contribution >= 4 is 29.5 Å². The molecular formula is C17H25ClN4O2. The van der Waals surface area contributed by atoms with Crippen molar-refractivity contribution in [2.24, 2.45) is 5.92 Å². The molecule has 2 heterocycles. The van der Waals surface area contributed by atoms with E-state index in [1.54, 1.807) is 33.6 Å². The number of nitrogens with zero attached hydrogens (tertiary/aromatic N) is 4. The second-order valence-electron chi connectivity index (χ2n) is 6.53. The number of aryl methyl sites for hydroxylation is 1. The second-order valence-corrected chi connectivity index (χ2v) is 6.89. The fourth-order valence-electron chi connectivity index (χ4n) is 2.73. The van der Waals surface area contributed by atoms with Crippen molar-refractivity contribution in [2.45, 2.75) is 34.2 Å². The van der Waals surface area contributed by atoms with E-state index in [1.165, 1.54) is 0 Å². The monoisotopic (exact) mass is 352 g/mol. The lowest BCUT2D eigenvalue weighted by Crippen LogP contribution is -2.49. The largest absolute Gasteiger partial charge is 0.339 e. The number of rotatable bonds is 4. The summed E-state index contributed by atoms with van der Waals surface area (Å²) in [5.74, 6) is 0.431. The number of hydrogen-bond acceptors (Lipinski definition) is 3. The molecule has 6 nitrogen and oxygen atoms in total. The van der Waals surface area contributed by atoms with Crippen LogP contribution in [-0.4, -0.2) is 57.6 Å². The van der Waals surface area contributed by atoms with Gasteiger partial charge in [-0.3, -0.25) is 14.3 Å². The van der Waals surface area contributed by atoms with E-state index in [0.29, 0.717) is 37.3 Å². The van der Waals surface area contributed by atoms with E-state index >= 15 is 0 Å². The molecule has 132 valence electrons. The van der Waals surface area contributed by atoms with Crippen LogP contribution in [0, 0.1) is 12.8 Å². The molecule has 0 spiro atoms. The number of aromatic nitrogens is 2. The van der Waals surface area contributed by atoms with Crippen molar-refractivity contribution in [1.82, 2.24) is 19.6 Å². The maximum Gasteiger partial charge on any atom is 0.246 e. The van der Waals surface area contributed by atoms with Gasteiger partial charge < -0.3 is 9.80 Å². The molecule has 0 bridgehead atoms. The van der Waals surface area contributed by atoms with Gasteiger partial charge in [0, 0.05) is 51.3 Å². The maximum atomic E-state index is 12.3. The molecule has 1 fully saturated rings. The predicted molar refractivity (Wildman–Crippen MR) is 94.7 cm³/mol. The summed E-state index contributed by atoms with van der Waals surface area (Å²) in [5, 5.41) is 5.00. The minimum Gasteiger partial charge on any atom is -0.339 e. The Labute approximate surface area is 148 Å². The summed E-state index contributed by atoms with van der Waals surface area (Å²) in [6.45, 7) is 10.7. The SMILES string of the molecule is CC(=O)N1CCN(C(=O)/C=C\c2c(C)nn(CC(C)C)c2Cl)CC1. The molecule has 1 aliphatic rings. The smallest absolute Gasteiger partial charge is 0.246 e. The normalized spacial score (nSPS) is 15.6. The molecule has 0 saturated carbocycles. The van der Waals surface area contributed by atoms with Crippen molar-refractivity contribution < 1.29 is 9.59 Å². The number of piperazine rings is 1. The molecule has 0 atom stereocenters. The van der Waals surface area contributed by atoms with Gasteiger partial charge in [-0.05, 0) is 18.9 Å². The molecule has 2 amide bonds. The Morgan fingerprint density at radius 3 is 2.33 bits per heavy atom. The Bertz CT molecular complexity index is 643. The first-order valence-electron chi connectivity index (χ1n) is 8.25. The van der Waals surface area contributed by atoms with Gasteiger partial charge in [0.25, 0.3) is 0 Å². The summed E-state index contributed by atoms with van der Waals surface area (Å²) in [7, 11) is 0. The van der Waals surface area contributed by atoms with E-state index in [4.69, 9.17) is 11.6 Å². The minimum absolute atomic E-state index is 0.0533. The first-order chi connectivity index (χ1) is 11.3. The van der Waals surface area contributed by atoms with Gasteiger partial charge in [-0.1, -0.05) is 25.4 Å². The first kappa shape index (κ1) is 18.5. The van der Waals surface area contributed by atoms with E-state index in [-0.39, 0.29) is 11.8 Å². The first-order valence-corrected chi connectivity index (χ1v) is 8.62. The van der Waals surface area contributed by atoms with Crippen LogP contribution in [0.25, 0.3) is 6.08 Å². The van der Waals surface area contributed by atoms with E-state index in [0.717, 1.165) is 17.8 Å². The Morgan fingerprint density at radius 1 is 1.21 bits per heavy atom. The molecule has 1 aromatic rings. The van der Waals surface area contributed by atoms with Gasteiger partial charge in [-0.15, -0.1) is 0 Å². The van der Waals surface area contributed by atoms with Gasteiger partial charge in [-0.25, -0.2) is 0 Å². The molecule has 0 radical (unpaired) electrons. The predicted octanol–water partition coefficient (Wildman–Crippen LogP) is 2.20. The van der Waals surface area contributed by atoms with Crippen LogP contribution in [0.2, 0.25) is 5.15 Å². The molecule has 0 unspecified atom stereocenters. The third-order valence-electron chi connectivity index (χ3n) is 4.08. The lowest BCUT2D eigenvalue weighted by Gasteiger charge is -2.33. The van der Waals surface area contributed by atoms with Crippen LogP contribution in [-0.2, 0) is 16.1 Å². The van der Waals surface area contributed by atoms with E-state index in [1.807, 2.05) is 6.92 Å². The van der Waals surface area contributed by atoms with Crippen LogP contribution in [0.1, 0.15) is 32.0 Å². The molecule has 1 aromatic heterocycles. The molecule has 7 heteroatoms. The molecule has 0 aromatic carbocycles. The zero-order valence-electron chi connectivity index (χ0n) is 14.8. The van der Waals surface area contributed by atoms with E-state index < -0.39 is 0 Å². The second kappa shape index (κ2) is 7.83. The van der Waals surface area contributed by atoms with Gasteiger partial charge in [-0.2, -0.15) is 5.10 Å². The average Bonchev–Trinajstić information content (AvgIpc) is 2.78. The van der Waals surface area contributed by atoms with Crippen LogP contribution in [0.5, 0.6) is 0 Å². The topological polar surface area (TPSA) is 58.4 Å². The molecular weight excluding hydrogens is 328 g/mol. The number of carbonyl (C=O) groups excluding carboxylic acids is 2. The van der Waals surface area contributed by atoms with Crippen molar-refractivity contribution in [3.05, 3.63) is 22.5 Å². The molecule has 24 heavy (non-hydrogen) atoms. The summed E-state index contributed by atoms with van der Waals surface area (Å²) in [5.41, 5.74) is 1.60. The van der Waals surface area contributed by atoms with E-state index in [9.17, 15) is 9.59 Å². The highest BCUT2D eigenvalue weighted by Gasteiger charge is 2.21. The fraction of sp³-hybridized carbons (Fsp3) is 0.588. The van der Waals surface area contributed by atoms with E-state index in [2.05, 4.69) is 18.9 Å². The van der Waals surface area contributed by atoms with Crippen LogP contribution in [0.3, 0.4) is 0 Å². The fourth-order valence-corrected chi connectivity index (χ4v) is 3.03. The summed E-state index contributed by atoms with van der Waals surface area (Å²) >= 11 is 6.38. The highest BCUT2D eigenvalue weighted by Crippen LogP contribution is 2.22. The van der Waals surface area contributed by atoms with Gasteiger partial charge in [0.05, 0.1) is 5.69 Å². The van der Waals surface area contributed by atoms with Gasteiger partial charge in [0.1, 0.15) is 5.15 Å². The lowest BCUT2D eigenvalue weighted by molar-refractivity contribution is -0.135. The van der Waals surface area contributed by atoms with Crippen LogP contribution >= 0.6 is 11.6 Å². The molecule has 0 N–H and O–H groups in total. The summed E-state index contributed by atoms with van der Waals surface area (Å²) in [4.78, 5) is 27.1. The van der Waals surface area contributed by atoms with Crippen molar-refractivity contribution in [3.63, 3.8) is 0 Å². The highest BCUT2D eigenvalue weighted by atomic mass is 35.5.